The predicted octanol–water partition coefficient (Wildman–Crippen LogP) is 1.15. The molecule has 4 N–H and O–H groups in total. The summed E-state index contributed by atoms with van der Waals surface area (Å²) < 4.78 is 26.1. The molecule has 0 aromatic heterocycles. The average Bonchev–Trinajstić information content (AvgIpc) is 2.44. The van der Waals surface area contributed by atoms with Gasteiger partial charge in [-0.05, 0) is 31.5 Å². The number of nitrogens with two attached hydrogens (primary N) is 1. The zero-order valence-corrected chi connectivity index (χ0v) is 13.4. The molecule has 6 nitrogen and oxygen atoms in total. The van der Waals surface area contributed by atoms with Gasteiger partial charge in [0.15, 0.2) is 0 Å². The van der Waals surface area contributed by atoms with Gasteiger partial charge in [-0.1, -0.05) is 26.0 Å². The van der Waals surface area contributed by atoms with E-state index >= 15 is 0 Å². The van der Waals surface area contributed by atoms with Crippen LogP contribution in [-0.4, -0.2) is 27.9 Å². The van der Waals surface area contributed by atoms with Crippen LogP contribution in [0.5, 0.6) is 0 Å². The third-order valence-electron chi connectivity index (χ3n) is 3.11. The molecule has 1 aromatic carbocycles. The van der Waals surface area contributed by atoms with Crippen LogP contribution >= 0.6 is 0 Å². The van der Waals surface area contributed by atoms with Gasteiger partial charge in [0.05, 0.1) is 11.6 Å². The summed E-state index contributed by atoms with van der Waals surface area (Å²) in [7, 11) is -2.30. The Hall–Kier alpha value is -1.44. The number of sulfonamides is 1. The smallest absolute Gasteiger partial charge is 0.242 e. The highest BCUT2D eigenvalue weighted by Gasteiger charge is 2.22. The second kappa shape index (κ2) is 7.53. The van der Waals surface area contributed by atoms with Crippen molar-refractivity contribution < 1.29 is 13.2 Å². The lowest BCUT2D eigenvalue weighted by atomic mass is 9.96. The summed E-state index contributed by atoms with van der Waals surface area (Å²) in [6.07, 6.45) is 0.656. The quantitative estimate of drug-likeness (QED) is 0.703. The summed E-state index contributed by atoms with van der Waals surface area (Å²) in [4.78, 5) is 12.3. The molecule has 0 radical (unpaired) electrons. The lowest BCUT2D eigenvalue weighted by Gasteiger charge is -2.18. The van der Waals surface area contributed by atoms with Gasteiger partial charge in [0.2, 0.25) is 15.9 Å². The molecule has 0 aliphatic rings. The molecule has 0 spiro atoms. The normalized spacial score (nSPS) is 13.2. The van der Waals surface area contributed by atoms with Crippen molar-refractivity contribution in [3.63, 3.8) is 0 Å². The largest absolute Gasteiger partial charge is 0.330 e. The van der Waals surface area contributed by atoms with Crippen molar-refractivity contribution in [2.24, 2.45) is 17.6 Å². The van der Waals surface area contributed by atoms with Gasteiger partial charge in [-0.15, -0.1) is 0 Å². The molecule has 21 heavy (non-hydrogen) atoms. The molecule has 1 atom stereocenters. The second-order valence-corrected chi connectivity index (χ2v) is 7.11. The molecule has 0 saturated carbocycles. The number of para-hydroxylation sites is 1. The minimum atomic E-state index is -3.63. The summed E-state index contributed by atoms with van der Waals surface area (Å²) >= 11 is 0. The summed E-state index contributed by atoms with van der Waals surface area (Å²) in [6.45, 7) is 4.25. The Balaban J connectivity index is 3.01. The van der Waals surface area contributed by atoms with Gasteiger partial charge >= 0.3 is 0 Å². The molecule has 0 aliphatic heterocycles. The summed E-state index contributed by atoms with van der Waals surface area (Å²) in [6, 6.07) is 6.28. The van der Waals surface area contributed by atoms with Crippen LogP contribution in [0.1, 0.15) is 20.3 Å². The fourth-order valence-corrected chi connectivity index (χ4v) is 2.91. The van der Waals surface area contributed by atoms with E-state index in [1.54, 1.807) is 18.2 Å². The third-order valence-corrected chi connectivity index (χ3v) is 4.59. The number of amides is 1. The van der Waals surface area contributed by atoms with E-state index in [9.17, 15) is 13.2 Å². The van der Waals surface area contributed by atoms with Gasteiger partial charge < -0.3 is 11.1 Å². The first-order valence-electron chi connectivity index (χ1n) is 6.85. The first-order valence-corrected chi connectivity index (χ1v) is 8.33. The van der Waals surface area contributed by atoms with E-state index < -0.39 is 10.0 Å². The topological polar surface area (TPSA) is 101 Å². The number of rotatable bonds is 7. The SMILES string of the molecule is CNS(=O)(=O)c1ccccc1NC(=O)C(CN)CC(C)C. The molecule has 0 aliphatic carbocycles. The number of hydrogen-bond donors (Lipinski definition) is 3. The Morgan fingerprint density at radius 1 is 1.29 bits per heavy atom. The lowest BCUT2D eigenvalue weighted by molar-refractivity contribution is -0.120. The van der Waals surface area contributed by atoms with E-state index in [1.807, 2.05) is 13.8 Å². The maximum Gasteiger partial charge on any atom is 0.242 e. The van der Waals surface area contributed by atoms with E-state index in [0.717, 1.165) is 0 Å². The van der Waals surface area contributed by atoms with Crippen LogP contribution in [0.15, 0.2) is 29.2 Å². The molecule has 0 heterocycles. The van der Waals surface area contributed by atoms with Crippen LogP contribution < -0.4 is 15.8 Å². The number of benzene rings is 1. The fourth-order valence-electron chi connectivity index (χ4n) is 2.03. The first kappa shape index (κ1) is 17.6. The highest BCUT2D eigenvalue weighted by molar-refractivity contribution is 7.89. The van der Waals surface area contributed by atoms with Gasteiger partial charge in [0.1, 0.15) is 4.90 Å². The van der Waals surface area contributed by atoms with Crippen molar-refractivity contribution in [2.45, 2.75) is 25.2 Å². The zero-order valence-electron chi connectivity index (χ0n) is 12.6. The molecule has 1 rings (SSSR count). The Labute approximate surface area is 126 Å². The molecule has 0 saturated heterocycles. The lowest BCUT2D eigenvalue weighted by Crippen LogP contribution is -2.31. The molecule has 0 fully saturated rings. The Bertz CT molecular complexity index is 585. The van der Waals surface area contributed by atoms with Crippen molar-refractivity contribution in [1.82, 2.24) is 4.72 Å². The summed E-state index contributed by atoms with van der Waals surface area (Å²) in [5, 5.41) is 2.67. The molecule has 7 heteroatoms. The molecule has 1 amide bonds. The van der Waals surface area contributed by atoms with Crippen LogP contribution in [-0.2, 0) is 14.8 Å². The van der Waals surface area contributed by atoms with Gasteiger partial charge in [0.25, 0.3) is 0 Å². The highest BCUT2D eigenvalue weighted by atomic mass is 32.2. The Kier molecular flexibility index (Phi) is 6.32. The van der Waals surface area contributed by atoms with Gasteiger partial charge in [-0.2, -0.15) is 0 Å². The summed E-state index contributed by atoms with van der Waals surface area (Å²) in [5.41, 5.74) is 5.90. The number of hydrogen-bond acceptors (Lipinski definition) is 4. The predicted molar refractivity (Wildman–Crippen MR) is 83.3 cm³/mol. The van der Waals surface area contributed by atoms with Gasteiger partial charge in [-0.25, -0.2) is 13.1 Å². The fraction of sp³-hybridized carbons (Fsp3) is 0.500. The molecule has 1 aromatic rings. The average molecular weight is 313 g/mol. The van der Waals surface area contributed by atoms with E-state index in [1.165, 1.54) is 13.1 Å². The highest BCUT2D eigenvalue weighted by Crippen LogP contribution is 2.22. The maximum absolute atomic E-state index is 12.2. The Morgan fingerprint density at radius 2 is 1.90 bits per heavy atom. The van der Waals surface area contributed by atoms with Crippen LogP contribution in [0.4, 0.5) is 5.69 Å². The monoisotopic (exact) mass is 313 g/mol. The van der Waals surface area contributed by atoms with Crippen LogP contribution in [0.25, 0.3) is 0 Å². The minimum absolute atomic E-state index is 0.0427. The number of anilines is 1. The number of carbonyl (C=O) groups excluding carboxylic acids is 1. The molecule has 0 bridgehead atoms. The Morgan fingerprint density at radius 3 is 2.43 bits per heavy atom. The van der Waals surface area contributed by atoms with Crippen LogP contribution in [0.3, 0.4) is 0 Å². The minimum Gasteiger partial charge on any atom is -0.330 e. The van der Waals surface area contributed by atoms with Crippen molar-refractivity contribution in [2.75, 3.05) is 18.9 Å². The number of nitrogens with one attached hydrogen (secondary N) is 2. The van der Waals surface area contributed by atoms with Crippen molar-refractivity contribution in [1.29, 1.82) is 0 Å². The van der Waals surface area contributed by atoms with E-state index in [0.29, 0.717) is 12.3 Å². The molecule has 118 valence electrons. The number of carbonyl (C=O) groups is 1. The van der Waals surface area contributed by atoms with Crippen molar-refractivity contribution in [3.8, 4) is 0 Å². The van der Waals surface area contributed by atoms with Gasteiger partial charge in [-0.3, -0.25) is 4.79 Å². The third kappa shape index (κ3) is 4.80. The van der Waals surface area contributed by atoms with Gasteiger partial charge in [0, 0.05) is 6.54 Å². The molecular formula is C14H23N3O3S. The second-order valence-electron chi connectivity index (χ2n) is 5.26. The molecular weight excluding hydrogens is 290 g/mol. The first-order chi connectivity index (χ1) is 9.81. The van der Waals surface area contributed by atoms with E-state index in [4.69, 9.17) is 5.73 Å². The maximum atomic E-state index is 12.2. The van der Waals surface area contributed by atoms with Crippen molar-refractivity contribution in [3.05, 3.63) is 24.3 Å². The van der Waals surface area contributed by atoms with Crippen LogP contribution in [0.2, 0.25) is 0 Å². The molecule has 1 unspecified atom stereocenters. The summed E-state index contributed by atoms with van der Waals surface area (Å²) in [5.74, 6) is -0.263. The standard InChI is InChI=1S/C14H23N3O3S/c1-10(2)8-11(9-15)14(18)17-12-6-4-5-7-13(12)21(19,20)16-3/h4-7,10-11,16H,8-9,15H2,1-3H3,(H,17,18). The zero-order chi connectivity index (χ0) is 16.0. The van der Waals surface area contributed by atoms with E-state index in [2.05, 4.69) is 10.0 Å². The van der Waals surface area contributed by atoms with Crippen molar-refractivity contribution >= 4 is 21.6 Å². The van der Waals surface area contributed by atoms with Crippen LogP contribution in [0, 0.1) is 11.8 Å². The van der Waals surface area contributed by atoms with E-state index in [-0.39, 0.29) is 29.0 Å².